The Morgan fingerprint density at radius 3 is 3.00 bits per heavy atom. The summed E-state index contributed by atoms with van der Waals surface area (Å²) >= 11 is 0. The third kappa shape index (κ3) is 4.02. The number of amides is 3. The number of urea groups is 1. The Morgan fingerprint density at radius 2 is 2.20 bits per heavy atom. The van der Waals surface area contributed by atoms with Gasteiger partial charge in [-0.3, -0.25) is 4.90 Å². The summed E-state index contributed by atoms with van der Waals surface area (Å²) in [6, 6.07) is 5.20. The van der Waals surface area contributed by atoms with E-state index >= 15 is 0 Å². The molecule has 8 nitrogen and oxygen atoms in total. The summed E-state index contributed by atoms with van der Waals surface area (Å²) < 4.78 is 10.1. The van der Waals surface area contributed by atoms with Gasteiger partial charge < -0.3 is 24.8 Å². The highest BCUT2D eigenvalue weighted by molar-refractivity contribution is 5.92. The molecule has 1 saturated heterocycles. The quantitative estimate of drug-likeness (QED) is 0.800. The summed E-state index contributed by atoms with van der Waals surface area (Å²) in [5.41, 5.74) is 2.47. The van der Waals surface area contributed by atoms with Crippen LogP contribution >= 0.6 is 0 Å². The Hall–Kier alpha value is -2.32. The minimum atomic E-state index is -0.676. The number of aliphatic hydroxyl groups excluding tert-OH is 1. The van der Waals surface area contributed by atoms with Crippen molar-refractivity contribution in [1.29, 1.82) is 0 Å². The fourth-order valence-corrected chi connectivity index (χ4v) is 3.15. The number of anilines is 2. The molecule has 0 aromatic heterocycles. The number of nitrogens with one attached hydrogen (secondary N) is 1. The van der Waals surface area contributed by atoms with Crippen molar-refractivity contribution >= 4 is 23.5 Å². The number of aliphatic hydroxyl groups is 1. The van der Waals surface area contributed by atoms with Gasteiger partial charge >= 0.3 is 12.1 Å². The average Bonchev–Trinajstić information content (AvgIpc) is 2.85. The zero-order chi connectivity index (χ0) is 17.8. The molecule has 1 atom stereocenters. The maximum atomic E-state index is 12.4. The van der Waals surface area contributed by atoms with Crippen LogP contribution in [0.25, 0.3) is 0 Å². The fourth-order valence-electron chi connectivity index (χ4n) is 3.15. The topological polar surface area (TPSA) is 91.3 Å². The largest absolute Gasteiger partial charge is 0.452 e. The van der Waals surface area contributed by atoms with E-state index in [1.807, 2.05) is 12.1 Å². The summed E-state index contributed by atoms with van der Waals surface area (Å²) in [5, 5.41) is 12.6. The number of carbonyl (C=O) groups excluding carboxylic acids is 2. The zero-order valence-electron chi connectivity index (χ0n) is 14.2. The monoisotopic (exact) mass is 349 g/mol. The first-order valence-electron chi connectivity index (χ1n) is 8.38. The lowest BCUT2D eigenvalue weighted by atomic mass is 10.0. The predicted molar refractivity (Wildman–Crippen MR) is 91.9 cm³/mol. The number of carbonyl (C=O) groups is 2. The van der Waals surface area contributed by atoms with E-state index in [-0.39, 0.29) is 25.3 Å². The number of hydrogen-bond acceptors (Lipinski definition) is 5. The van der Waals surface area contributed by atoms with E-state index in [2.05, 4.69) is 5.32 Å². The van der Waals surface area contributed by atoms with Crippen molar-refractivity contribution < 1.29 is 24.2 Å². The molecule has 0 bridgehead atoms. The van der Waals surface area contributed by atoms with E-state index in [1.165, 1.54) is 12.0 Å². The number of fused-ring (bicyclic) bond motifs is 1. The van der Waals surface area contributed by atoms with Gasteiger partial charge in [0.05, 0.1) is 38.7 Å². The van der Waals surface area contributed by atoms with Crippen molar-refractivity contribution in [2.45, 2.75) is 18.9 Å². The van der Waals surface area contributed by atoms with Gasteiger partial charge in [0.1, 0.15) is 0 Å². The lowest BCUT2D eigenvalue weighted by Crippen LogP contribution is -2.40. The summed E-state index contributed by atoms with van der Waals surface area (Å²) in [6.07, 6.45) is 0.625. The first-order chi connectivity index (χ1) is 12.1. The number of aryl methyl sites for hydroxylation is 1. The molecule has 2 N–H and O–H groups in total. The maximum Gasteiger partial charge on any atom is 0.414 e. The van der Waals surface area contributed by atoms with Crippen molar-refractivity contribution in [3.8, 4) is 0 Å². The maximum absolute atomic E-state index is 12.4. The van der Waals surface area contributed by atoms with Crippen LogP contribution in [0.4, 0.5) is 21.0 Å². The predicted octanol–water partition coefficient (Wildman–Crippen LogP) is 1.43. The van der Waals surface area contributed by atoms with Crippen LogP contribution in [0.5, 0.6) is 0 Å². The molecule has 3 rings (SSSR count). The van der Waals surface area contributed by atoms with E-state index in [1.54, 1.807) is 11.0 Å². The van der Waals surface area contributed by atoms with Gasteiger partial charge in [0.15, 0.2) is 0 Å². The van der Waals surface area contributed by atoms with Gasteiger partial charge in [-0.15, -0.1) is 0 Å². The Bertz CT molecular complexity index is 651. The van der Waals surface area contributed by atoms with Gasteiger partial charge in [0.25, 0.3) is 0 Å². The highest BCUT2D eigenvalue weighted by atomic mass is 16.5. The van der Waals surface area contributed by atoms with Gasteiger partial charge in [0.2, 0.25) is 0 Å². The summed E-state index contributed by atoms with van der Waals surface area (Å²) in [5.74, 6) is 0. The Kier molecular flexibility index (Phi) is 5.40. The van der Waals surface area contributed by atoms with Crippen LogP contribution in [0.3, 0.4) is 0 Å². The molecule has 0 spiro atoms. The number of benzene rings is 1. The highest BCUT2D eigenvalue weighted by Gasteiger charge is 2.24. The number of nitrogens with zero attached hydrogens (tertiary/aromatic N) is 2. The van der Waals surface area contributed by atoms with Gasteiger partial charge in [-0.25, -0.2) is 9.59 Å². The van der Waals surface area contributed by atoms with Crippen LogP contribution in [-0.4, -0.2) is 68.2 Å². The van der Waals surface area contributed by atoms with E-state index < -0.39 is 6.10 Å². The minimum absolute atomic E-state index is 0.242. The van der Waals surface area contributed by atoms with E-state index in [0.717, 1.165) is 24.1 Å². The van der Waals surface area contributed by atoms with Crippen LogP contribution in [0, 0.1) is 0 Å². The third-order valence-electron chi connectivity index (χ3n) is 4.38. The van der Waals surface area contributed by atoms with Gasteiger partial charge in [-0.2, -0.15) is 0 Å². The molecule has 25 heavy (non-hydrogen) atoms. The lowest BCUT2D eigenvalue weighted by molar-refractivity contribution is 0.0575. The molecule has 0 aliphatic carbocycles. The molecular weight excluding hydrogens is 326 g/mol. The second kappa shape index (κ2) is 7.71. The molecule has 3 amide bonds. The smallest absolute Gasteiger partial charge is 0.414 e. The number of ether oxygens (including phenoxy) is 2. The van der Waals surface area contributed by atoms with Crippen LogP contribution in [0.1, 0.15) is 12.0 Å². The van der Waals surface area contributed by atoms with E-state index in [4.69, 9.17) is 9.47 Å². The minimum Gasteiger partial charge on any atom is -0.452 e. The Morgan fingerprint density at radius 1 is 1.36 bits per heavy atom. The van der Waals surface area contributed by atoms with E-state index in [9.17, 15) is 14.7 Å². The Labute approximate surface area is 146 Å². The SMILES string of the molecule is COC(=O)N1CCCc2cc(NC(=O)N3CCOC[C@H](O)C3)ccc21. The molecule has 0 saturated carbocycles. The standard InChI is InChI=1S/C17H23N3O5/c1-24-17(23)20-6-2-3-12-9-13(4-5-15(12)20)18-16(22)19-7-8-25-11-14(21)10-19/h4-5,9,14,21H,2-3,6-8,10-11H2,1H3,(H,18,22)/t14-/m1/s1. The number of β-amino-alcohol motifs (C(OH)–C–C–N with tert-alkyl or cyclic N) is 1. The zero-order valence-corrected chi connectivity index (χ0v) is 14.2. The third-order valence-corrected chi connectivity index (χ3v) is 4.38. The molecular formula is C17H23N3O5. The molecule has 1 aromatic carbocycles. The number of hydrogen-bond donors (Lipinski definition) is 2. The summed E-state index contributed by atoms with van der Waals surface area (Å²) in [6.45, 7) is 1.95. The van der Waals surface area contributed by atoms with Crippen molar-refractivity contribution in [3.63, 3.8) is 0 Å². The molecule has 2 aliphatic rings. The van der Waals surface area contributed by atoms with Crippen molar-refractivity contribution in [1.82, 2.24) is 4.90 Å². The molecule has 2 aliphatic heterocycles. The fraction of sp³-hybridized carbons (Fsp3) is 0.529. The molecule has 2 heterocycles. The second-order valence-electron chi connectivity index (χ2n) is 6.17. The molecule has 136 valence electrons. The average molecular weight is 349 g/mol. The summed E-state index contributed by atoms with van der Waals surface area (Å²) in [7, 11) is 1.37. The van der Waals surface area contributed by atoms with Gasteiger partial charge in [-0.1, -0.05) is 0 Å². The van der Waals surface area contributed by atoms with Crippen molar-refractivity contribution in [2.75, 3.05) is 50.2 Å². The van der Waals surface area contributed by atoms with Crippen LogP contribution in [0.2, 0.25) is 0 Å². The lowest BCUT2D eigenvalue weighted by Gasteiger charge is -2.29. The molecule has 8 heteroatoms. The molecule has 0 radical (unpaired) electrons. The second-order valence-corrected chi connectivity index (χ2v) is 6.17. The number of methoxy groups -OCH3 is 1. The van der Waals surface area contributed by atoms with Crippen LogP contribution < -0.4 is 10.2 Å². The normalized spacial score (nSPS) is 20.5. The first-order valence-corrected chi connectivity index (χ1v) is 8.38. The van der Waals surface area contributed by atoms with Crippen molar-refractivity contribution in [2.24, 2.45) is 0 Å². The molecule has 1 aromatic rings. The first kappa shape index (κ1) is 17.5. The highest BCUT2D eigenvalue weighted by Crippen LogP contribution is 2.30. The molecule has 1 fully saturated rings. The van der Waals surface area contributed by atoms with Gasteiger partial charge in [0, 0.05) is 18.8 Å². The van der Waals surface area contributed by atoms with E-state index in [0.29, 0.717) is 25.4 Å². The Balaban J connectivity index is 1.71. The van der Waals surface area contributed by atoms with Gasteiger partial charge in [-0.05, 0) is 36.6 Å². The van der Waals surface area contributed by atoms with Crippen molar-refractivity contribution in [3.05, 3.63) is 23.8 Å². The molecule has 0 unspecified atom stereocenters. The number of rotatable bonds is 1. The van der Waals surface area contributed by atoms with Crippen LogP contribution in [-0.2, 0) is 15.9 Å². The van der Waals surface area contributed by atoms with Crippen LogP contribution in [0.15, 0.2) is 18.2 Å². The summed E-state index contributed by atoms with van der Waals surface area (Å²) in [4.78, 5) is 27.4.